The van der Waals surface area contributed by atoms with E-state index < -0.39 is 23.4 Å². The van der Waals surface area contributed by atoms with Crippen LogP contribution in [0.5, 0.6) is 0 Å². The van der Waals surface area contributed by atoms with E-state index in [4.69, 9.17) is 26.4 Å². The molecule has 25 heavy (non-hydrogen) atoms. The Hall–Kier alpha value is -1.90. The summed E-state index contributed by atoms with van der Waals surface area (Å²) in [7, 11) is 0. The fraction of sp³-hybridized carbons (Fsp3) is 0.750. The molecule has 0 aromatic rings. The lowest BCUT2D eigenvalue weighted by Crippen LogP contribution is -2.47. The number of guanidine groups is 1. The first-order chi connectivity index (χ1) is 11.3. The molecule has 2 N–H and O–H groups in total. The lowest BCUT2D eigenvalue weighted by molar-refractivity contribution is 0.0545. The van der Waals surface area contributed by atoms with Crippen molar-refractivity contribution in [1.82, 2.24) is 10.6 Å². The lowest BCUT2D eigenvalue weighted by Gasteiger charge is -2.22. The first kappa shape index (κ1) is 23.1. The second-order valence-electron chi connectivity index (χ2n) is 7.06. The molecule has 0 rings (SSSR count). The molecule has 144 valence electrons. The van der Waals surface area contributed by atoms with Crippen LogP contribution >= 0.6 is 12.2 Å². The molecule has 9 heteroatoms. The predicted molar refractivity (Wildman–Crippen MR) is 99.9 cm³/mol. The fourth-order valence-corrected chi connectivity index (χ4v) is 1.41. The molecule has 0 fully saturated rings. The van der Waals surface area contributed by atoms with Crippen molar-refractivity contribution in [2.45, 2.75) is 66.1 Å². The van der Waals surface area contributed by atoms with Crippen molar-refractivity contribution in [2.24, 2.45) is 4.99 Å². The zero-order valence-corrected chi connectivity index (χ0v) is 16.8. The molecular formula is C16H29N3O5S. The van der Waals surface area contributed by atoms with E-state index in [2.05, 4.69) is 15.6 Å². The Balaban J connectivity index is 4.83. The minimum atomic E-state index is -0.743. The summed E-state index contributed by atoms with van der Waals surface area (Å²) in [4.78, 5) is 27.8. The zero-order valence-electron chi connectivity index (χ0n) is 16.0. The number of alkyl carbamates (subject to hydrolysis) is 2. The SMILES string of the molecule is CCC(=S)OCCN=C(NC(=O)OC(C)(C)C)NC(=O)OC(C)(C)C. The van der Waals surface area contributed by atoms with Gasteiger partial charge in [0.1, 0.15) is 17.8 Å². The molecule has 0 bridgehead atoms. The van der Waals surface area contributed by atoms with Crippen molar-refractivity contribution in [3.05, 3.63) is 0 Å². The highest BCUT2D eigenvalue weighted by atomic mass is 32.1. The molecular weight excluding hydrogens is 346 g/mol. The fourth-order valence-electron chi connectivity index (χ4n) is 1.33. The van der Waals surface area contributed by atoms with Gasteiger partial charge in [0.05, 0.1) is 6.54 Å². The Labute approximate surface area is 154 Å². The molecule has 0 atom stereocenters. The zero-order chi connectivity index (χ0) is 19.7. The summed E-state index contributed by atoms with van der Waals surface area (Å²) >= 11 is 4.94. The molecule has 0 unspecified atom stereocenters. The van der Waals surface area contributed by atoms with Crippen LogP contribution in [0.2, 0.25) is 0 Å². The van der Waals surface area contributed by atoms with Crippen molar-refractivity contribution >= 4 is 35.4 Å². The summed E-state index contributed by atoms with van der Waals surface area (Å²) in [5.74, 6) is -0.0884. The second-order valence-corrected chi connectivity index (χ2v) is 7.51. The summed E-state index contributed by atoms with van der Waals surface area (Å²) < 4.78 is 15.5. The predicted octanol–water partition coefficient (Wildman–Crippen LogP) is 3.15. The number of hydrogen-bond donors (Lipinski definition) is 2. The van der Waals surface area contributed by atoms with Crippen LogP contribution in [0.3, 0.4) is 0 Å². The number of rotatable bonds is 4. The first-order valence-electron chi connectivity index (χ1n) is 8.02. The number of thiocarbonyl (C=S) groups is 1. The van der Waals surface area contributed by atoms with Gasteiger partial charge in [-0.1, -0.05) is 6.92 Å². The molecule has 0 radical (unpaired) electrons. The van der Waals surface area contributed by atoms with E-state index in [1.807, 2.05) is 6.92 Å². The van der Waals surface area contributed by atoms with E-state index in [0.29, 0.717) is 11.5 Å². The lowest BCUT2D eigenvalue weighted by atomic mass is 10.2. The molecule has 8 nitrogen and oxygen atoms in total. The first-order valence-corrected chi connectivity index (χ1v) is 8.43. The average molecular weight is 375 g/mol. The van der Waals surface area contributed by atoms with Crippen LogP contribution in [-0.2, 0) is 14.2 Å². The maximum absolute atomic E-state index is 11.9. The standard InChI is InChI=1S/C16H29N3O5S/c1-8-11(25)22-10-9-17-12(18-13(20)23-15(2,3)4)19-14(21)24-16(5,6)7/h8-10H2,1-7H3,(H2,17,18,19,20,21). The van der Waals surface area contributed by atoms with Gasteiger partial charge in [0.2, 0.25) is 5.96 Å². The summed E-state index contributed by atoms with van der Waals surface area (Å²) in [6.45, 7) is 12.6. The molecule has 0 heterocycles. The van der Waals surface area contributed by atoms with Gasteiger partial charge in [-0.15, -0.1) is 0 Å². The minimum Gasteiger partial charge on any atom is -0.485 e. The van der Waals surface area contributed by atoms with Gasteiger partial charge in [-0.2, -0.15) is 0 Å². The highest BCUT2D eigenvalue weighted by Crippen LogP contribution is 2.07. The molecule has 0 aliphatic rings. The van der Waals surface area contributed by atoms with Crippen LogP contribution in [0.25, 0.3) is 0 Å². The van der Waals surface area contributed by atoms with E-state index in [9.17, 15) is 9.59 Å². The quantitative estimate of drug-likeness (QED) is 0.339. The molecule has 0 saturated carbocycles. The number of nitrogens with one attached hydrogen (secondary N) is 2. The number of hydrogen-bond acceptors (Lipinski definition) is 7. The van der Waals surface area contributed by atoms with E-state index in [0.717, 1.165) is 0 Å². The summed E-state index contributed by atoms with van der Waals surface area (Å²) in [5, 5.41) is 5.23. The van der Waals surface area contributed by atoms with Gasteiger partial charge in [-0.05, 0) is 53.8 Å². The third-order valence-electron chi connectivity index (χ3n) is 2.15. The number of ether oxygens (including phenoxy) is 3. The Morgan fingerprint density at radius 1 is 0.960 bits per heavy atom. The van der Waals surface area contributed by atoms with Gasteiger partial charge in [0, 0.05) is 6.42 Å². The summed E-state index contributed by atoms with van der Waals surface area (Å²) in [5.41, 5.74) is -1.37. The third kappa shape index (κ3) is 14.2. The molecule has 2 amide bonds. The maximum Gasteiger partial charge on any atom is 0.414 e. The molecule has 0 spiro atoms. The van der Waals surface area contributed by atoms with Crippen molar-refractivity contribution < 1.29 is 23.8 Å². The Kier molecular flexibility index (Phi) is 9.40. The normalized spacial score (nSPS) is 11.2. The van der Waals surface area contributed by atoms with Crippen LogP contribution in [-0.4, -0.2) is 47.6 Å². The summed E-state index contributed by atoms with van der Waals surface area (Å²) in [6.07, 6.45) is -0.863. The largest absolute Gasteiger partial charge is 0.485 e. The third-order valence-corrected chi connectivity index (χ3v) is 2.56. The van der Waals surface area contributed by atoms with E-state index in [1.165, 1.54) is 0 Å². The van der Waals surface area contributed by atoms with Crippen LogP contribution in [0, 0.1) is 0 Å². The monoisotopic (exact) mass is 375 g/mol. The minimum absolute atomic E-state index is 0.0884. The number of aliphatic imine (C=N–C) groups is 1. The van der Waals surface area contributed by atoms with Gasteiger partial charge in [0.15, 0.2) is 5.05 Å². The van der Waals surface area contributed by atoms with Crippen molar-refractivity contribution in [2.75, 3.05) is 13.2 Å². The number of nitrogens with zero attached hydrogens (tertiary/aromatic N) is 1. The van der Waals surface area contributed by atoms with Crippen LogP contribution < -0.4 is 10.6 Å². The Bertz CT molecular complexity index is 475. The molecule has 0 aromatic carbocycles. The van der Waals surface area contributed by atoms with E-state index in [1.54, 1.807) is 41.5 Å². The molecule has 0 aliphatic carbocycles. The van der Waals surface area contributed by atoms with Gasteiger partial charge in [0.25, 0.3) is 0 Å². The van der Waals surface area contributed by atoms with Gasteiger partial charge in [-0.25, -0.2) is 14.6 Å². The number of amides is 2. The average Bonchev–Trinajstić information content (AvgIpc) is 2.38. The Morgan fingerprint density at radius 2 is 1.40 bits per heavy atom. The Morgan fingerprint density at radius 3 is 1.76 bits per heavy atom. The van der Waals surface area contributed by atoms with Gasteiger partial charge < -0.3 is 14.2 Å². The van der Waals surface area contributed by atoms with Crippen LogP contribution in [0.15, 0.2) is 4.99 Å². The van der Waals surface area contributed by atoms with Crippen LogP contribution in [0.4, 0.5) is 9.59 Å². The molecule has 0 saturated heterocycles. The van der Waals surface area contributed by atoms with Crippen molar-refractivity contribution in [3.8, 4) is 0 Å². The van der Waals surface area contributed by atoms with Crippen LogP contribution in [0.1, 0.15) is 54.9 Å². The van der Waals surface area contributed by atoms with Crippen molar-refractivity contribution in [3.63, 3.8) is 0 Å². The smallest absolute Gasteiger partial charge is 0.414 e. The highest BCUT2D eigenvalue weighted by Gasteiger charge is 2.21. The molecule has 0 aromatic heterocycles. The number of carbonyl (C=O) groups excluding carboxylic acids is 2. The van der Waals surface area contributed by atoms with E-state index in [-0.39, 0.29) is 19.1 Å². The van der Waals surface area contributed by atoms with Gasteiger partial charge in [-0.3, -0.25) is 10.6 Å². The molecule has 0 aliphatic heterocycles. The maximum atomic E-state index is 11.9. The van der Waals surface area contributed by atoms with E-state index >= 15 is 0 Å². The van der Waals surface area contributed by atoms with Gasteiger partial charge >= 0.3 is 12.2 Å². The second kappa shape index (κ2) is 10.2. The topological polar surface area (TPSA) is 98.3 Å². The highest BCUT2D eigenvalue weighted by molar-refractivity contribution is 7.80. The number of carbonyl (C=O) groups is 2. The summed E-state index contributed by atoms with van der Waals surface area (Å²) in [6, 6.07) is 0. The van der Waals surface area contributed by atoms with Crippen molar-refractivity contribution in [1.29, 1.82) is 0 Å².